The lowest BCUT2D eigenvalue weighted by atomic mass is 10.00. The first kappa shape index (κ1) is 22.0. The van der Waals surface area contributed by atoms with Crippen LogP contribution in [0.25, 0.3) is 0 Å². The summed E-state index contributed by atoms with van der Waals surface area (Å²) in [7, 11) is 0. The van der Waals surface area contributed by atoms with E-state index in [4.69, 9.17) is 16.3 Å². The molecule has 7 nitrogen and oxygen atoms in total. The lowest BCUT2D eigenvalue weighted by Crippen LogP contribution is -2.22. The van der Waals surface area contributed by atoms with Gasteiger partial charge in [0.25, 0.3) is 11.6 Å². The Labute approximate surface area is 183 Å². The molecule has 3 rings (SSSR count). The molecule has 0 saturated carbocycles. The molecule has 1 N–H and O–H groups in total. The molecule has 0 fully saturated rings. The van der Waals surface area contributed by atoms with Crippen molar-refractivity contribution in [3.05, 3.63) is 105 Å². The largest absolute Gasteiger partial charge is 0.452 e. The highest BCUT2D eigenvalue weighted by Crippen LogP contribution is 2.27. The number of hydrogen-bond donors (Lipinski definition) is 1. The number of ether oxygens (including phenoxy) is 1. The summed E-state index contributed by atoms with van der Waals surface area (Å²) in [5, 5.41) is 13.7. The van der Waals surface area contributed by atoms with Gasteiger partial charge in [0, 0.05) is 11.1 Å². The molecular weight excluding hydrogens is 420 g/mol. The average Bonchev–Trinajstić information content (AvgIpc) is 2.78. The SMILES string of the molecule is O=C(COC(=O)c1ccccc1CCc1ccccc1)Nc1ccc(Cl)cc1[N+](=O)[O-]. The minimum absolute atomic E-state index is 0.0290. The number of amides is 1. The van der Waals surface area contributed by atoms with Crippen molar-refractivity contribution in [2.45, 2.75) is 12.8 Å². The van der Waals surface area contributed by atoms with Gasteiger partial charge < -0.3 is 10.1 Å². The van der Waals surface area contributed by atoms with E-state index in [1.807, 2.05) is 42.5 Å². The number of benzene rings is 3. The van der Waals surface area contributed by atoms with Gasteiger partial charge in [0.05, 0.1) is 10.5 Å². The van der Waals surface area contributed by atoms with E-state index in [0.717, 1.165) is 23.6 Å². The van der Waals surface area contributed by atoms with Crippen LogP contribution < -0.4 is 5.32 Å². The fourth-order valence-electron chi connectivity index (χ4n) is 3.02. The van der Waals surface area contributed by atoms with Crippen molar-refractivity contribution in [1.29, 1.82) is 0 Å². The molecule has 0 saturated heterocycles. The molecule has 0 aromatic heterocycles. The van der Waals surface area contributed by atoms with Crippen LogP contribution in [0, 0.1) is 10.1 Å². The molecule has 8 heteroatoms. The molecule has 0 unspecified atom stereocenters. The Morgan fingerprint density at radius 3 is 2.42 bits per heavy atom. The summed E-state index contributed by atoms with van der Waals surface area (Å²) in [5.74, 6) is -1.33. The van der Waals surface area contributed by atoms with Gasteiger partial charge in [-0.1, -0.05) is 60.1 Å². The van der Waals surface area contributed by atoms with Crippen molar-refractivity contribution < 1.29 is 19.2 Å². The molecule has 0 radical (unpaired) electrons. The van der Waals surface area contributed by atoms with Crippen LogP contribution in [0.4, 0.5) is 11.4 Å². The summed E-state index contributed by atoms with van der Waals surface area (Å²) in [6, 6.07) is 20.8. The molecular formula is C23H19ClN2O5. The molecule has 1 amide bonds. The lowest BCUT2D eigenvalue weighted by Gasteiger charge is -2.10. The number of nitrogens with zero attached hydrogens (tertiary/aromatic N) is 1. The van der Waals surface area contributed by atoms with Crippen LogP contribution in [-0.4, -0.2) is 23.4 Å². The van der Waals surface area contributed by atoms with E-state index in [1.54, 1.807) is 12.1 Å². The third-order valence-electron chi connectivity index (χ3n) is 4.53. The highest BCUT2D eigenvalue weighted by atomic mass is 35.5. The van der Waals surface area contributed by atoms with Crippen LogP contribution in [0.3, 0.4) is 0 Å². The number of esters is 1. The number of nitrogens with one attached hydrogen (secondary N) is 1. The van der Waals surface area contributed by atoms with Crippen molar-refractivity contribution in [2.24, 2.45) is 0 Å². The van der Waals surface area contributed by atoms with Crippen LogP contribution in [0.2, 0.25) is 5.02 Å². The second-order valence-corrected chi connectivity index (χ2v) is 7.12. The number of anilines is 1. The minimum atomic E-state index is -0.694. The third-order valence-corrected chi connectivity index (χ3v) is 4.76. The van der Waals surface area contributed by atoms with Crippen molar-refractivity contribution in [3.8, 4) is 0 Å². The van der Waals surface area contributed by atoms with Crippen LogP contribution in [0.5, 0.6) is 0 Å². The number of carbonyl (C=O) groups is 2. The van der Waals surface area contributed by atoms with Crippen LogP contribution in [0.15, 0.2) is 72.8 Å². The number of halogens is 1. The van der Waals surface area contributed by atoms with E-state index in [2.05, 4.69) is 5.32 Å². The lowest BCUT2D eigenvalue weighted by molar-refractivity contribution is -0.383. The zero-order chi connectivity index (χ0) is 22.2. The van der Waals surface area contributed by atoms with Gasteiger partial charge in [0.2, 0.25) is 0 Å². The molecule has 0 aliphatic heterocycles. The van der Waals surface area contributed by atoms with Crippen LogP contribution in [0.1, 0.15) is 21.5 Å². The maximum atomic E-state index is 12.5. The fraction of sp³-hybridized carbons (Fsp3) is 0.130. The monoisotopic (exact) mass is 438 g/mol. The van der Waals surface area contributed by atoms with E-state index in [-0.39, 0.29) is 16.4 Å². The van der Waals surface area contributed by atoms with E-state index in [1.165, 1.54) is 12.1 Å². The van der Waals surface area contributed by atoms with Gasteiger partial charge >= 0.3 is 5.97 Å². The molecule has 158 valence electrons. The third kappa shape index (κ3) is 6.13. The van der Waals surface area contributed by atoms with Gasteiger partial charge in [-0.05, 0) is 42.2 Å². The van der Waals surface area contributed by atoms with Crippen LogP contribution >= 0.6 is 11.6 Å². The number of carbonyl (C=O) groups excluding carboxylic acids is 2. The first-order valence-electron chi connectivity index (χ1n) is 9.47. The number of hydrogen-bond acceptors (Lipinski definition) is 5. The topological polar surface area (TPSA) is 98.5 Å². The normalized spacial score (nSPS) is 10.4. The Morgan fingerprint density at radius 1 is 0.968 bits per heavy atom. The summed E-state index contributed by atoms with van der Waals surface area (Å²) in [4.78, 5) is 35.1. The van der Waals surface area contributed by atoms with E-state index in [9.17, 15) is 19.7 Å². The van der Waals surface area contributed by atoms with Gasteiger partial charge in [-0.15, -0.1) is 0 Å². The van der Waals surface area contributed by atoms with Crippen LogP contribution in [-0.2, 0) is 22.4 Å². The Kier molecular flexibility index (Phi) is 7.35. The van der Waals surface area contributed by atoms with Crippen molar-refractivity contribution in [1.82, 2.24) is 0 Å². The fourth-order valence-corrected chi connectivity index (χ4v) is 3.18. The van der Waals surface area contributed by atoms with Crippen molar-refractivity contribution in [2.75, 3.05) is 11.9 Å². The van der Waals surface area contributed by atoms with Gasteiger partial charge in [-0.25, -0.2) is 4.79 Å². The second-order valence-electron chi connectivity index (χ2n) is 6.69. The van der Waals surface area contributed by atoms with E-state index in [0.29, 0.717) is 12.0 Å². The summed E-state index contributed by atoms with van der Waals surface area (Å²) >= 11 is 5.76. The quantitative estimate of drug-likeness (QED) is 0.308. The maximum absolute atomic E-state index is 12.5. The number of nitro benzene ring substituents is 1. The predicted molar refractivity (Wildman–Crippen MR) is 117 cm³/mol. The van der Waals surface area contributed by atoms with Crippen molar-refractivity contribution >= 4 is 34.9 Å². The molecule has 0 bridgehead atoms. The van der Waals surface area contributed by atoms with Gasteiger partial charge in [0.1, 0.15) is 5.69 Å². The second kappa shape index (κ2) is 10.4. The first-order chi connectivity index (χ1) is 14.9. The Hall–Kier alpha value is -3.71. The molecule has 0 aliphatic carbocycles. The summed E-state index contributed by atoms with van der Waals surface area (Å²) in [6.45, 7) is -0.578. The van der Waals surface area contributed by atoms with Gasteiger partial charge in [-0.3, -0.25) is 14.9 Å². The molecule has 0 aliphatic rings. The minimum Gasteiger partial charge on any atom is -0.452 e. The summed E-state index contributed by atoms with van der Waals surface area (Å²) < 4.78 is 5.13. The highest BCUT2D eigenvalue weighted by molar-refractivity contribution is 6.31. The zero-order valence-corrected chi connectivity index (χ0v) is 17.2. The van der Waals surface area contributed by atoms with E-state index >= 15 is 0 Å². The number of rotatable bonds is 8. The van der Waals surface area contributed by atoms with Crippen molar-refractivity contribution in [3.63, 3.8) is 0 Å². The molecule has 0 spiro atoms. The first-order valence-corrected chi connectivity index (χ1v) is 9.84. The molecule has 3 aromatic carbocycles. The summed E-state index contributed by atoms with van der Waals surface area (Å²) in [5.41, 5.74) is 1.96. The Balaban J connectivity index is 1.61. The average molecular weight is 439 g/mol. The molecule has 0 atom stereocenters. The number of aryl methyl sites for hydroxylation is 2. The summed E-state index contributed by atoms with van der Waals surface area (Å²) in [6.07, 6.45) is 1.39. The molecule has 3 aromatic rings. The number of nitro groups is 1. The van der Waals surface area contributed by atoms with E-state index < -0.39 is 23.4 Å². The standard InChI is InChI=1S/C23H19ClN2O5/c24-18-12-13-20(21(14-18)26(29)30)25-22(27)15-31-23(28)19-9-5-4-8-17(19)11-10-16-6-2-1-3-7-16/h1-9,12-14H,10-11,15H2,(H,25,27). The molecule has 31 heavy (non-hydrogen) atoms. The predicted octanol–water partition coefficient (Wildman–Crippen LogP) is 4.83. The van der Waals surface area contributed by atoms with Gasteiger partial charge in [-0.2, -0.15) is 0 Å². The smallest absolute Gasteiger partial charge is 0.338 e. The molecule has 0 heterocycles. The Morgan fingerprint density at radius 2 is 1.68 bits per heavy atom. The Bertz CT molecular complexity index is 1100. The van der Waals surface area contributed by atoms with Gasteiger partial charge in [0.15, 0.2) is 6.61 Å². The zero-order valence-electron chi connectivity index (χ0n) is 16.4. The maximum Gasteiger partial charge on any atom is 0.338 e. The highest BCUT2D eigenvalue weighted by Gasteiger charge is 2.18.